The first kappa shape index (κ1) is 18.2. The van der Waals surface area contributed by atoms with Gasteiger partial charge in [0.25, 0.3) is 0 Å². The third kappa shape index (κ3) is 3.50. The van der Waals surface area contributed by atoms with Crippen molar-refractivity contribution in [2.45, 2.75) is 45.6 Å². The lowest BCUT2D eigenvalue weighted by Crippen LogP contribution is -2.39. The second kappa shape index (κ2) is 7.22. The Morgan fingerprint density at radius 2 is 2.31 bits per heavy atom. The largest absolute Gasteiger partial charge is 0.322 e. The van der Waals surface area contributed by atoms with Crippen LogP contribution >= 0.6 is 0 Å². The molecular weight excluding hydrogens is 367 g/mol. The Kier molecular flexibility index (Phi) is 4.54. The van der Waals surface area contributed by atoms with Gasteiger partial charge in [-0.15, -0.1) is 5.92 Å². The molecule has 2 heterocycles. The summed E-state index contributed by atoms with van der Waals surface area (Å²) < 4.78 is 14.1. The number of halogens is 1. The summed E-state index contributed by atoms with van der Waals surface area (Å²) in [5, 5.41) is 10.6. The number of urea groups is 1. The fourth-order valence-corrected chi connectivity index (χ4v) is 5.05. The van der Waals surface area contributed by atoms with Crippen LogP contribution in [-0.2, 0) is 19.4 Å². The van der Waals surface area contributed by atoms with Crippen molar-refractivity contribution in [1.29, 1.82) is 0 Å². The van der Waals surface area contributed by atoms with E-state index in [0.717, 1.165) is 42.0 Å². The number of fused-ring (bicyclic) bond motifs is 2. The summed E-state index contributed by atoms with van der Waals surface area (Å²) in [6, 6.07) is 4.39. The minimum atomic E-state index is -0.426. The smallest absolute Gasteiger partial charge is 0.320 e. The van der Waals surface area contributed by atoms with Gasteiger partial charge < -0.3 is 10.2 Å². The molecule has 0 spiro atoms. The van der Waals surface area contributed by atoms with E-state index in [1.807, 2.05) is 0 Å². The second-order valence-corrected chi connectivity index (χ2v) is 8.50. The molecule has 2 saturated carbocycles. The van der Waals surface area contributed by atoms with Crippen molar-refractivity contribution < 1.29 is 9.18 Å². The van der Waals surface area contributed by atoms with Crippen LogP contribution in [0.25, 0.3) is 0 Å². The quantitative estimate of drug-likeness (QED) is 0.773. The van der Waals surface area contributed by atoms with Crippen molar-refractivity contribution in [3.05, 3.63) is 46.5 Å². The molecule has 3 unspecified atom stereocenters. The highest BCUT2D eigenvalue weighted by Gasteiger charge is 2.48. The molecule has 1 aromatic carbocycles. The molecule has 3 aliphatic rings. The van der Waals surface area contributed by atoms with Gasteiger partial charge in [0.1, 0.15) is 5.82 Å². The van der Waals surface area contributed by atoms with E-state index in [1.54, 1.807) is 24.0 Å². The Morgan fingerprint density at radius 1 is 1.41 bits per heavy atom. The van der Waals surface area contributed by atoms with E-state index < -0.39 is 5.82 Å². The van der Waals surface area contributed by atoms with Crippen LogP contribution in [0.2, 0.25) is 0 Å². The molecule has 29 heavy (non-hydrogen) atoms. The number of hydrogen-bond donors (Lipinski definition) is 2. The number of rotatable bonds is 3. The number of carbonyl (C=O) groups excluding carboxylic acids is 1. The zero-order valence-corrected chi connectivity index (χ0v) is 16.6. The lowest BCUT2D eigenvalue weighted by atomic mass is 9.94. The molecule has 0 bridgehead atoms. The van der Waals surface area contributed by atoms with Crippen LogP contribution < -0.4 is 5.32 Å². The molecule has 1 aliphatic heterocycles. The molecule has 5 nitrogen and oxygen atoms in total. The van der Waals surface area contributed by atoms with E-state index in [1.165, 1.54) is 30.9 Å². The third-order valence-corrected chi connectivity index (χ3v) is 6.73. The molecule has 2 aliphatic carbocycles. The summed E-state index contributed by atoms with van der Waals surface area (Å²) in [4.78, 5) is 14.6. The van der Waals surface area contributed by atoms with E-state index in [2.05, 4.69) is 27.4 Å². The van der Waals surface area contributed by atoms with Gasteiger partial charge in [0.2, 0.25) is 0 Å². The van der Waals surface area contributed by atoms with E-state index in [4.69, 9.17) is 0 Å². The van der Waals surface area contributed by atoms with Crippen LogP contribution in [0.4, 0.5) is 14.9 Å². The first-order valence-electron chi connectivity index (χ1n) is 10.5. The van der Waals surface area contributed by atoms with E-state index >= 15 is 0 Å². The normalized spacial score (nSPS) is 24.3. The number of hydrogen-bond acceptors (Lipinski definition) is 2. The zero-order valence-electron chi connectivity index (χ0n) is 16.6. The third-order valence-electron chi connectivity index (χ3n) is 6.73. The number of nitrogens with one attached hydrogen (secondary N) is 2. The number of nitrogens with zero attached hydrogens (tertiary/aromatic N) is 2. The van der Waals surface area contributed by atoms with Crippen LogP contribution in [0.5, 0.6) is 0 Å². The van der Waals surface area contributed by atoms with Crippen molar-refractivity contribution >= 4 is 11.7 Å². The average molecular weight is 392 g/mol. The van der Waals surface area contributed by atoms with Crippen LogP contribution in [-0.4, -0.2) is 27.7 Å². The predicted molar refractivity (Wildman–Crippen MR) is 109 cm³/mol. The Labute approximate surface area is 170 Å². The van der Waals surface area contributed by atoms with E-state index in [-0.39, 0.29) is 6.03 Å². The molecule has 5 rings (SSSR count). The fraction of sp³-hybridized carbons (Fsp3) is 0.478. The molecular formula is C23H25FN4O. The van der Waals surface area contributed by atoms with Crippen LogP contribution in [0.1, 0.15) is 48.7 Å². The molecule has 150 valence electrons. The summed E-state index contributed by atoms with van der Waals surface area (Å²) in [6.45, 7) is 2.84. The van der Waals surface area contributed by atoms with Crippen LogP contribution in [0.3, 0.4) is 0 Å². The van der Waals surface area contributed by atoms with Gasteiger partial charge in [-0.05, 0) is 68.6 Å². The Balaban J connectivity index is 1.26. The maximum absolute atomic E-state index is 14.1. The molecule has 0 radical (unpaired) electrons. The zero-order chi connectivity index (χ0) is 20.0. The average Bonchev–Trinajstić information content (AvgIpc) is 3.23. The highest BCUT2D eigenvalue weighted by molar-refractivity contribution is 5.89. The first-order chi connectivity index (χ1) is 14.1. The monoisotopic (exact) mass is 392 g/mol. The maximum Gasteiger partial charge on any atom is 0.322 e. The van der Waals surface area contributed by atoms with Gasteiger partial charge in [-0.25, -0.2) is 9.18 Å². The molecule has 2 amide bonds. The molecule has 3 atom stereocenters. The molecule has 6 heteroatoms. The lowest BCUT2D eigenvalue weighted by molar-refractivity contribution is 0.206. The minimum absolute atomic E-state index is 0.209. The molecule has 2 fully saturated rings. The first-order valence-corrected chi connectivity index (χ1v) is 10.5. The van der Waals surface area contributed by atoms with Crippen molar-refractivity contribution in [3.63, 3.8) is 0 Å². The molecule has 1 aromatic heterocycles. The van der Waals surface area contributed by atoms with Crippen LogP contribution in [0, 0.1) is 35.4 Å². The van der Waals surface area contributed by atoms with Gasteiger partial charge >= 0.3 is 6.03 Å². The highest BCUT2D eigenvalue weighted by Crippen LogP contribution is 2.56. The molecule has 2 N–H and O–H groups in total. The standard InChI is InChI=1S/C23H25FN4O/c1-2-3-14-6-7-17(12-20(14)24)25-23(29)28-9-8-21-19(13-28)22(27-26-21)11-16-5-4-15-10-18(15)16/h6-7,12,15-16,18H,4-5,8-11,13H2,1H3,(H,25,29)(H,26,27). The minimum Gasteiger partial charge on any atom is -0.320 e. The van der Waals surface area contributed by atoms with Gasteiger partial charge in [0.15, 0.2) is 0 Å². The summed E-state index contributed by atoms with van der Waals surface area (Å²) in [5.74, 6) is 7.59. The lowest BCUT2D eigenvalue weighted by Gasteiger charge is -2.27. The van der Waals surface area contributed by atoms with Crippen molar-refractivity contribution in [2.75, 3.05) is 11.9 Å². The highest BCUT2D eigenvalue weighted by atomic mass is 19.1. The van der Waals surface area contributed by atoms with Crippen molar-refractivity contribution in [3.8, 4) is 11.8 Å². The number of carbonyl (C=O) groups is 1. The summed E-state index contributed by atoms with van der Waals surface area (Å²) in [7, 11) is 0. The fourth-order valence-electron chi connectivity index (χ4n) is 5.05. The molecule has 0 saturated heterocycles. The van der Waals surface area contributed by atoms with E-state index in [0.29, 0.717) is 24.3 Å². The van der Waals surface area contributed by atoms with Crippen molar-refractivity contribution in [2.24, 2.45) is 17.8 Å². The number of aromatic amines is 1. The Morgan fingerprint density at radius 3 is 3.03 bits per heavy atom. The number of amides is 2. The maximum atomic E-state index is 14.1. The number of benzene rings is 1. The summed E-state index contributed by atoms with van der Waals surface area (Å²) in [5.41, 5.74) is 4.24. The Bertz CT molecular complexity index is 1020. The Hall–Kier alpha value is -2.81. The summed E-state index contributed by atoms with van der Waals surface area (Å²) >= 11 is 0. The van der Waals surface area contributed by atoms with E-state index in [9.17, 15) is 9.18 Å². The predicted octanol–water partition coefficient (Wildman–Crippen LogP) is 4.10. The van der Waals surface area contributed by atoms with Gasteiger partial charge in [-0.2, -0.15) is 5.10 Å². The molecule has 2 aromatic rings. The van der Waals surface area contributed by atoms with Gasteiger partial charge in [0, 0.05) is 29.9 Å². The number of anilines is 1. The topological polar surface area (TPSA) is 61.0 Å². The second-order valence-electron chi connectivity index (χ2n) is 8.50. The summed E-state index contributed by atoms with van der Waals surface area (Å²) in [6.07, 6.45) is 5.87. The van der Waals surface area contributed by atoms with Crippen LogP contribution in [0.15, 0.2) is 18.2 Å². The van der Waals surface area contributed by atoms with Gasteiger partial charge in [-0.1, -0.05) is 5.92 Å². The van der Waals surface area contributed by atoms with Gasteiger partial charge in [0.05, 0.1) is 17.8 Å². The number of aromatic nitrogens is 2. The SMILES string of the molecule is CC#Cc1ccc(NC(=O)N2CCc3[nH]nc(CC4CCC5CC45)c3C2)cc1F. The van der Waals surface area contributed by atoms with Crippen molar-refractivity contribution in [1.82, 2.24) is 15.1 Å². The number of H-pyrrole nitrogens is 1. The van der Waals surface area contributed by atoms with Gasteiger partial charge in [-0.3, -0.25) is 5.10 Å².